The van der Waals surface area contributed by atoms with Gasteiger partial charge in [0.05, 0.1) is 16.7 Å². The van der Waals surface area contributed by atoms with E-state index < -0.39 is 0 Å². The molecule has 0 aliphatic carbocycles. The van der Waals surface area contributed by atoms with Crippen molar-refractivity contribution in [2.45, 2.75) is 25.9 Å². The van der Waals surface area contributed by atoms with E-state index in [-0.39, 0.29) is 5.60 Å². The van der Waals surface area contributed by atoms with Crippen molar-refractivity contribution < 1.29 is 4.74 Å². The molecule has 0 saturated carbocycles. The van der Waals surface area contributed by atoms with Crippen molar-refractivity contribution in [2.75, 3.05) is 7.11 Å². The molecule has 0 radical (unpaired) electrons. The van der Waals surface area contributed by atoms with Crippen LogP contribution in [0.1, 0.15) is 25.2 Å². The van der Waals surface area contributed by atoms with E-state index in [1.807, 2.05) is 37.6 Å². The highest BCUT2D eigenvalue weighted by molar-refractivity contribution is 5.82. The third-order valence-electron chi connectivity index (χ3n) is 3.26. The molecule has 0 amide bonds. The van der Waals surface area contributed by atoms with Crippen molar-refractivity contribution in [1.82, 2.24) is 9.55 Å². The Morgan fingerprint density at radius 2 is 2.17 bits per heavy atom. The molecular weight excluding hydrogens is 226 g/mol. The summed E-state index contributed by atoms with van der Waals surface area (Å²) in [5, 5.41) is 9.09. The second kappa shape index (κ2) is 4.43. The van der Waals surface area contributed by atoms with Crippen LogP contribution in [0.4, 0.5) is 0 Å². The fourth-order valence-corrected chi connectivity index (χ4v) is 1.96. The summed E-state index contributed by atoms with van der Waals surface area (Å²) in [6.07, 6.45) is 0.708. The van der Waals surface area contributed by atoms with E-state index >= 15 is 0 Å². The Hall–Kier alpha value is -1.86. The van der Waals surface area contributed by atoms with E-state index in [0.29, 0.717) is 12.0 Å². The number of para-hydroxylation sites is 1. The van der Waals surface area contributed by atoms with E-state index in [9.17, 15) is 0 Å². The van der Waals surface area contributed by atoms with Gasteiger partial charge in [-0.1, -0.05) is 6.07 Å². The molecule has 0 atom stereocenters. The van der Waals surface area contributed by atoms with Crippen LogP contribution in [0.2, 0.25) is 0 Å². The SMILES string of the molecule is COC(C)(C)Cc1nc2c(C#N)cccc2n1C. The van der Waals surface area contributed by atoms with E-state index in [0.717, 1.165) is 16.9 Å². The fourth-order valence-electron chi connectivity index (χ4n) is 1.96. The number of methoxy groups -OCH3 is 1. The molecule has 18 heavy (non-hydrogen) atoms. The first kappa shape index (κ1) is 12.6. The zero-order chi connectivity index (χ0) is 13.3. The van der Waals surface area contributed by atoms with Crippen molar-refractivity contribution in [1.29, 1.82) is 5.26 Å². The van der Waals surface area contributed by atoms with E-state index in [2.05, 4.69) is 11.1 Å². The topological polar surface area (TPSA) is 50.8 Å². The van der Waals surface area contributed by atoms with Gasteiger partial charge < -0.3 is 9.30 Å². The third-order valence-corrected chi connectivity index (χ3v) is 3.26. The first-order valence-electron chi connectivity index (χ1n) is 5.88. The Balaban J connectivity index is 2.55. The van der Waals surface area contributed by atoms with Gasteiger partial charge in [-0.2, -0.15) is 5.26 Å². The van der Waals surface area contributed by atoms with Gasteiger partial charge in [0, 0.05) is 20.6 Å². The van der Waals surface area contributed by atoms with Crippen LogP contribution in [0.3, 0.4) is 0 Å². The second-order valence-electron chi connectivity index (χ2n) is 5.01. The molecule has 0 aliphatic heterocycles. The molecule has 0 saturated heterocycles. The number of nitrogens with zero attached hydrogens (tertiary/aromatic N) is 3. The number of ether oxygens (including phenoxy) is 1. The van der Waals surface area contributed by atoms with Crippen LogP contribution in [0, 0.1) is 11.3 Å². The Morgan fingerprint density at radius 3 is 2.78 bits per heavy atom. The smallest absolute Gasteiger partial charge is 0.112 e. The maximum atomic E-state index is 9.09. The highest BCUT2D eigenvalue weighted by Gasteiger charge is 2.21. The number of rotatable bonds is 3. The summed E-state index contributed by atoms with van der Waals surface area (Å²) >= 11 is 0. The molecular formula is C14H17N3O. The average Bonchev–Trinajstić information content (AvgIpc) is 2.66. The third kappa shape index (κ3) is 2.09. The number of hydrogen-bond acceptors (Lipinski definition) is 3. The summed E-state index contributed by atoms with van der Waals surface area (Å²) in [5.74, 6) is 0.930. The van der Waals surface area contributed by atoms with Crippen molar-refractivity contribution in [2.24, 2.45) is 7.05 Å². The van der Waals surface area contributed by atoms with Gasteiger partial charge in [-0.25, -0.2) is 4.98 Å². The van der Waals surface area contributed by atoms with Gasteiger partial charge in [-0.3, -0.25) is 0 Å². The lowest BCUT2D eigenvalue weighted by atomic mass is 10.1. The Labute approximate surface area is 107 Å². The molecule has 1 aromatic heterocycles. The van der Waals surface area contributed by atoms with Crippen LogP contribution in [0.25, 0.3) is 11.0 Å². The van der Waals surface area contributed by atoms with Crippen LogP contribution in [-0.4, -0.2) is 22.3 Å². The summed E-state index contributed by atoms with van der Waals surface area (Å²) in [7, 11) is 3.67. The summed E-state index contributed by atoms with van der Waals surface area (Å²) in [6.45, 7) is 4.05. The van der Waals surface area contributed by atoms with Crippen molar-refractivity contribution in [3.8, 4) is 6.07 Å². The predicted molar refractivity (Wildman–Crippen MR) is 70.2 cm³/mol. The highest BCUT2D eigenvalue weighted by atomic mass is 16.5. The minimum Gasteiger partial charge on any atom is -0.378 e. The molecule has 1 aromatic carbocycles. The first-order chi connectivity index (χ1) is 8.48. The number of imidazole rings is 1. The minimum atomic E-state index is -0.262. The van der Waals surface area contributed by atoms with Crippen LogP contribution < -0.4 is 0 Å². The van der Waals surface area contributed by atoms with Crippen LogP contribution in [0.15, 0.2) is 18.2 Å². The molecule has 2 rings (SSSR count). The summed E-state index contributed by atoms with van der Waals surface area (Å²) in [5.41, 5.74) is 2.10. The van der Waals surface area contributed by atoms with Gasteiger partial charge in [-0.15, -0.1) is 0 Å². The standard InChI is InChI=1S/C14H17N3O/c1-14(2,18-4)8-12-16-13-10(9-15)6-5-7-11(13)17(12)3/h5-7H,8H2,1-4H3. The minimum absolute atomic E-state index is 0.262. The van der Waals surface area contributed by atoms with Crippen molar-refractivity contribution in [3.63, 3.8) is 0 Å². The summed E-state index contributed by atoms with van der Waals surface area (Å²) in [4.78, 5) is 4.58. The average molecular weight is 243 g/mol. The zero-order valence-corrected chi connectivity index (χ0v) is 11.2. The number of aromatic nitrogens is 2. The van der Waals surface area contributed by atoms with Gasteiger partial charge >= 0.3 is 0 Å². The molecule has 0 spiro atoms. The largest absolute Gasteiger partial charge is 0.378 e. The van der Waals surface area contributed by atoms with Gasteiger partial charge in [0.25, 0.3) is 0 Å². The molecule has 0 fully saturated rings. The lowest BCUT2D eigenvalue weighted by Gasteiger charge is -2.22. The number of aryl methyl sites for hydroxylation is 1. The van der Waals surface area contributed by atoms with Gasteiger partial charge in [0.2, 0.25) is 0 Å². The normalized spacial score (nSPS) is 11.7. The molecule has 0 N–H and O–H groups in total. The number of hydrogen-bond donors (Lipinski definition) is 0. The molecule has 94 valence electrons. The summed E-state index contributed by atoms with van der Waals surface area (Å²) < 4.78 is 7.46. The van der Waals surface area contributed by atoms with Gasteiger partial charge in [0.1, 0.15) is 17.4 Å². The van der Waals surface area contributed by atoms with Crippen molar-refractivity contribution >= 4 is 11.0 Å². The quantitative estimate of drug-likeness (QED) is 0.831. The van der Waals surface area contributed by atoms with Crippen LogP contribution in [-0.2, 0) is 18.2 Å². The first-order valence-corrected chi connectivity index (χ1v) is 5.88. The molecule has 0 aliphatic rings. The monoisotopic (exact) mass is 243 g/mol. The molecule has 0 bridgehead atoms. The van der Waals surface area contributed by atoms with Crippen LogP contribution >= 0.6 is 0 Å². The number of nitriles is 1. The number of benzene rings is 1. The Kier molecular flexibility index (Phi) is 3.10. The lowest BCUT2D eigenvalue weighted by Crippen LogP contribution is -2.27. The summed E-state index contributed by atoms with van der Waals surface area (Å²) in [6, 6.07) is 7.83. The molecule has 1 heterocycles. The van der Waals surface area contributed by atoms with E-state index in [4.69, 9.17) is 10.00 Å². The van der Waals surface area contributed by atoms with Gasteiger partial charge in [-0.05, 0) is 26.0 Å². The number of fused-ring (bicyclic) bond motifs is 1. The van der Waals surface area contributed by atoms with Crippen LogP contribution in [0.5, 0.6) is 0 Å². The molecule has 4 heteroatoms. The zero-order valence-electron chi connectivity index (χ0n) is 11.2. The van der Waals surface area contributed by atoms with Gasteiger partial charge in [0.15, 0.2) is 0 Å². The molecule has 4 nitrogen and oxygen atoms in total. The van der Waals surface area contributed by atoms with Crippen molar-refractivity contribution in [3.05, 3.63) is 29.6 Å². The Morgan fingerprint density at radius 1 is 1.44 bits per heavy atom. The lowest BCUT2D eigenvalue weighted by molar-refractivity contribution is 0.0211. The van der Waals surface area contributed by atoms with E-state index in [1.165, 1.54) is 0 Å². The van der Waals surface area contributed by atoms with E-state index in [1.54, 1.807) is 13.2 Å². The maximum Gasteiger partial charge on any atom is 0.112 e. The predicted octanol–water partition coefficient (Wildman–Crippen LogP) is 2.41. The highest BCUT2D eigenvalue weighted by Crippen LogP contribution is 2.22. The molecule has 0 unspecified atom stereocenters. The maximum absolute atomic E-state index is 9.09. The second-order valence-corrected chi connectivity index (χ2v) is 5.01. The fraction of sp³-hybridized carbons (Fsp3) is 0.429. The molecule has 2 aromatic rings. The Bertz CT molecular complexity index is 620.